The highest BCUT2D eigenvalue weighted by Gasteiger charge is 2.41. The van der Waals surface area contributed by atoms with Gasteiger partial charge in [0.2, 0.25) is 5.91 Å². The molecule has 1 amide bonds. The average Bonchev–Trinajstić information content (AvgIpc) is 3.49. The predicted molar refractivity (Wildman–Crippen MR) is 95.2 cm³/mol. The number of carbonyl (C=O) groups excluding carboxylic acids is 1. The maximum absolute atomic E-state index is 12.2. The summed E-state index contributed by atoms with van der Waals surface area (Å²) in [4.78, 5) is 12.2. The zero-order valence-electron chi connectivity index (χ0n) is 14.6. The molecule has 4 heteroatoms. The first-order valence-corrected chi connectivity index (χ1v) is 9.00. The molecule has 2 saturated carbocycles. The zero-order chi connectivity index (χ0) is 16.9. The van der Waals surface area contributed by atoms with Crippen LogP contribution in [-0.2, 0) is 4.79 Å². The first kappa shape index (κ1) is 16.9. The summed E-state index contributed by atoms with van der Waals surface area (Å²) >= 11 is 0. The van der Waals surface area contributed by atoms with E-state index < -0.39 is 0 Å². The SMILES string of the molecule is CCCOc1ccc(/C=C/C(=O)NC(C2CC2)C2CC2)cc1OC. The average molecular weight is 329 g/mol. The molecule has 0 bridgehead atoms. The molecule has 2 aliphatic carbocycles. The molecule has 24 heavy (non-hydrogen) atoms. The fraction of sp³-hybridized carbons (Fsp3) is 0.550. The second-order valence-electron chi connectivity index (χ2n) is 6.80. The van der Waals surface area contributed by atoms with Crippen molar-refractivity contribution in [3.8, 4) is 11.5 Å². The summed E-state index contributed by atoms with van der Waals surface area (Å²) in [5.41, 5.74) is 0.931. The molecule has 1 aromatic carbocycles. The van der Waals surface area contributed by atoms with E-state index in [1.54, 1.807) is 13.2 Å². The summed E-state index contributed by atoms with van der Waals surface area (Å²) in [5.74, 6) is 2.86. The maximum Gasteiger partial charge on any atom is 0.244 e. The van der Waals surface area contributed by atoms with Crippen molar-refractivity contribution in [2.24, 2.45) is 11.8 Å². The lowest BCUT2D eigenvalue weighted by atomic mass is 10.1. The van der Waals surface area contributed by atoms with Gasteiger partial charge in [0.05, 0.1) is 13.7 Å². The van der Waals surface area contributed by atoms with Crippen molar-refractivity contribution >= 4 is 12.0 Å². The minimum Gasteiger partial charge on any atom is -0.493 e. The Bertz CT molecular complexity index is 591. The van der Waals surface area contributed by atoms with Crippen molar-refractivity contribution in [1.29, 1.82) is 0 Å². The topological polar surface area (TPSA) is 47.6 Å². The van der Waals surface area contributed by atoms with Crippen LogP contribution in [0.5, 0.6) is 11.5 Å². The molecule has 0 radical (unpaired) electrons. The Morgan fingerprint density at radius 1 is 1.25 bits per heavy atom. The molecule has 1 aromatic rings. The van der Waals surface area contributed by atoms with Crippen molar-refractivity contribution < 1.29 is 14.3 Å². The fourth-order valence-electron chi connectivity index (χ4n) is 3.03. The van der Waals surface area contributed by atoms with Crippen LogP contribution < -0.4 is 14.8 Å². The lowest BCUT2D eigenvalue weighted by molar-refractivity contribution is -0.117. The van der Waals surface area contributed by atoms with Crippen LogP contribution in [0.3, 0.4) is 0 Å². The van der Waals surface area contributed by atoms with Crippen molar-refractivity contribution in [1.82, 2.24) is 5.32 Å². The summed E-state index contributed by atoms with van der Waals surface area (Å²) in [7, 11) is 1.63. The van der Waals surface area contributed by atoms with Crippen LogP contribution in [0.1, 0.15) is 44.6 Å². The number of amides is 1. The van der Waals surface area contributed by atoms with Gasteiger partial charge in [-0.3, -0.25) is 4.79 Å². The van der Waals surface area contributed by atoms with Crippen LogP contribution >= 0.6 is 0 Å². The molecule has 0 heterocycles. The smallest absolute Gasteiger partial charge is 0.244 e. The molecule has 1 N–H and O–H groups in total. The van der Waals surface area contributed by atoms with Gasteiger partial charge in [0, 0.05) is 12.1 Å². The molecule has 4 nitrogen and oxygen atoms in total. The summed E-state index contributed by atoms with van der Waals surface area (Å²) < 4.78 is 11.0. The summed E-state index contributed by atoms with van der Waals surface area (Å²) in [6.07, 6.45) is 9.47. The number of methoxy groups -OCH3 is 1. The maximum atomic E-state index is 12.2. The first-order valence-electron chi connectivity index (χ1n) is 9.00. The summed E-state index contributed by atoms with van der Waals surface area (Å²) in [5, 5.41) is 3.20. The lowest BCUT2D eigenvalue weighted by Gasteiger charge is -2.16. The van der Waals surface area contributed by atoms with Gasteiger partial charge in [-0.1, -0.05) is 13.0 Å². The zero-order valence-corrected chi connectivity index (χ0v) is 14.6. The van der Waals surface area contributed by atoms with Gasteiger partial charge in [0.25, 0.3) is 0 Å². The number of carbonyl (C=O) groups is 1. The van der Waals surface area contributed by atoms with Crippen LogP contribution in [0.25, 0.3) is 6.08 Å². The van der Waals surface area contributed by atoms with Crippen LogP contribution in [-0.4, -0.2) is 25.7 Å². The Kier molecular flexibility index (Phi) is 5.44. The Morgan fingerprint density at radius 2 is 1.96 bits per heavy atom. The molecule has 2 aliphatic rings. The predicted octanol–water partition coefficient (Wildman–Crippen LogP) is 3.80. The minimum absolute atomic E-state index is 0.00377. The monoisotopic (exact) mass is 329 g/mol. The van der Waals surface area contributed by atoms with Crippen LogP contribution in [0.4, 0.5) is 0 Å². The number of ether oxygens (including phenoxy) is 2. The van der Waals surface area contributed by atoms with Crippen LogP contribution in [0.15, 0.2) is 24.3 Å². The third kappa shape index (κ3) is 4.53. The highest BCUT2D eigenvalue weighted by Crippen LogP contribution is 2.44. The van der Waals surface area contributed by atoms with Crippen molar-refractivity contribution in [3.05, 3.63) is 29.8 Å². The molecule has 0 atom stereocenters. The van der Waals surface area contributed by atoms with Gasteiger partial charge in [0.15, 0.2) is 11.5 Å². The molecular formula is C20H27NO3. The molecule has 0 saturated heterocycles. The molecule has 130 valence electrons. The van der Waals surface area contributed by atoms with Crippen molar-refractivity contribution in [2.45, 2.75) is 45.1 Å². The third-order valence-corrected chi connectivity index (χ3v) is 4.65. The molecule has 0 spiro atoms. The normalized spacial score (nSPS) is 17.3. The molecule has 2 fully saturated rings. The van der Waals surface area contributed by atoms with E-state index in [1.165, 1.54) is 25.7 Å². The van der Waals surface area contributed by atoms with E-state index in [9.17, 15) is 4.79 Å². The standard InChI is InChI=1S/C20H27NO3/c1-3-12-24-17-10-4-14(13-18(17)23-2)5-11-19(22)21-20(15-6-7-15)16-8-9-16/h4-5,10-11,13,15-16,20H,3,6-9,12H2,1-2H3,(H,21,22)/b11-5+. The molecule has 0 aliphatic heterocycles. The number of hydrogen-bond donors (Lipinski definition) is 1. The van der Waals surface area contributed by atoms with Gasteiger partial charge in [-0.2, -0.15) is 0 Å². The molecular weight excluding hydrogens is 302 g/mol. The van der Waals surface area contributed by atoms with Crippen molar-refractivity contribution in [3.63, 3.8) is 0 Å². The number of nitrogens with one attached hydrogen (secondary N) is 1. The van der Waals surface area contributed by atoms with E-state index in [1.807, 2.05) is 24.3 Å². The van der Waals surface area contributed by atoms with Crippen LogP contribution in [0.2, 0.25) is 0 Å². The van der Waals surface area contributed by atoms with Gasteiger partial charge in [-0.05, 0) is 67.7 Å². The summed E-state index contributed by atoms with van der Waals surface area (Å²) in [6, 6.07) is 6.12. The van der Waals surface area contributed by atoms with E-state index >= 15 is 0 Å². The Balaban J connectivity index is 1.59. The first-order chi connectivity index (χ1) is 11.7. The van der Waals surface area contributed by atoms with Crippen molar-refractivity contribution in [2.75, 3.05) is 13.7 Å². The minimum atomic E-state index is 0.00377. The van der Waals surface area contributed by atoms with Gasteiger partial charge >= 0.3 is 0 Å². The molecule has 0 unspecified atom stereocenters. The van der Waals surface area contributed by atoms with Gasteiger partial charge < -0.3 is 14.8 Å². The molecule has 0 aromatic heterocycles. The van der Waals surface area contributed by atoms with E-state index in [-0.39, 0.29) is 5.91 Å². The van der Waals surface area contributed by atoms with E-state index in [0.29, 0.717) is 30.2 Å². The quantitative estimate of drug-likeness (QED) is 0.701. The second-order valence-corrected chi connectivity index (χ2v) is 6.80. The lowest BCUT2D eigenvalue weighted by Crippen LogP contribution is -2.37. The van der Waals surface area contributed by atoms with E-state index in [4.69, 9.17) is 9.47 Å². The second kappa shape index (κ2) is 7.73. The highest BCUT2D eigenvalue weighted by atomic mass is 16.5. The number of rotatable bonds is 9. The Hall–Kier alpha value is -1.97. The van der Waals surface area contributed by atoms with E-state index in [0.717, 1.165) is 17.7 Å². The Labute approximate surface area is 144 Å². The summed E-state index contributed by atoms with van der Waals surface area (Å²) in [6.45, 7) is 2.73. The largest absolute Gasteiger partial charge is 0.493 e. The number of benzene rings is 1. The molecule has 3 rings (SSSR count). The van der Waals surface area contributed by atoms with Crippen LogP contribution in [0, 0.1) is 11.8 Å². The highest BCUT2D eigenvalue weighted by molar-refractivity contribution is 5.92. The van der Waals surface area contributed by atoms with Gasteiger partial charge in [0.1, 0.15) is 0 Å². The van der Waals surface area contributed by atoms with Gasteiger partial charge in [-0.25, -0.2) is 0 Å². The number of hydrogen-bond acceptors (Lipinski definition) is 3. The van der Waals surface area contributed by atoms with E-state index in [2.05, 4.69) is 12.2 Å². The Morgan fingerprint density at radius 3 is 2.54 bits per heavy atom. The fourth-order valence-corrected chi connectivity index (χ4v) is 3.03. The van der Waals surface area contributed by atoms with Gasteiger partial charge in [-0.15, -0.1) is 0 Å². The third-order valence-electron chi connectivity index (χ3n) is 4.65.